The fraction of sp³-hybridized carbons (Fsp3) is 0.286. The molecule has 1 atom stereocenters. The van der Waals surface area contributed by atoms with E-state index in [4.69, 9.17) is 10.4 Å². The van der Waals surface area contributed by atoms with Gasteiger partial charge in [-0.05, 0) is 62.1 Å². The Kier molecular flexibility index (Phi) is 10.0. The van der Waals surface area contributed by atoms with Gasteiger partial charge in [-0.25, -0.2) is 4.98 Å². The van der Waals surface area contributed by atoms with Crippen LogP contribution < -0.4 is 16.2 Å². The maximum Gasteiger partial charge on any atom is 0.308 e. The summed E-state index contributed by atoms with van der Waals surface area (Å²) in [6, 6.07) is 15.9. The fourth-order valence-electron chi connectivity index (χ4n) is 3.34. The molecule has 198 valence electrons. The predicted octanol–water partition coefficient (Wildman–Crippen LogP) is 3.04. The Morgan fingerprint density at radius 1 is 1.16 bits per heavy atom. The lowest BCUT2D eigenvalue weighted by Gasteiger charge is -2.24. The van der Waals surface area contributed by atoms with Crippen LogP contribution in [0.4, 0.5) is 0 Å². The van der Waals surface area contributed by atoms with Crippen molar-refractivity contribution in [3.05, 3.63) is 87.1 Å². The SMILES string of the molecule is Cc1cc(C#N)ccc1-c1ccc(C(C)(C)NC=O)cc1.Cc1cnc(C(=O)NCC(C)C(=O)O)[nH]c1=O. The first-order valence-electron chi connectivity index (χ1n) is 11.8. The van der Waals surface area contributed by atoms with Gasteiger partial charge in [0.25, 0.3) is 11.5 Å². The van der Waals surface area contributed by atoms with Crippen LogP contribution in [0.5, 0.6) is 0 Å². The van der Waals surface area contributed by atoms with E-state index in [1.165, 1.54) is 13.1 Å². The van der Waals surface area contributed by atoms with Gasteiger partial charge in [0.1, 0.15) is 0 Å². The number of H-pyrrole nitrogens is 1. The number of aromatic nitrogens is 2. The number of hydrogen-bond acceptors (Lipinski definition) is 6. The Morgan fingerprint density at radius 2 is 1.82 bits per heavy atom. The third kappa shape index (κ3) is 7.86. The molecular weight excluding hydrogens is 486 g/mol. The fourth-order valence-corrected chi connectivity index (χ4v) is 3.34. The van der Waals surface area contributed by atoms with Gasteiger partial charge in [-0.1, -0.05) is 37.3 Å². The topological polar surface area (TPSA) is 165 Å². The minimum absolute atomic E-state index is 0.0221. The Hall–Kier alpha value is -4.78. The number of aromatic amines is 1. The summed E-state index contributed by atoms with van der Waals surface area (Å²) >= 11 is 0. The largest absolute Gasteiger partial charge is 0.481 e. The molecule has 2 amide bonds. The molecule has 0 saturated carbocycles. The number of carbonyl (C=O) groups excluding carboxylic acids is 2. The van der Waals surface area contributed by atoms with Crippen LogP contribution in [0.3, 0.4) is 0 Å². The molecule has 1 aromatic heterocycles. The second-order valence-corrected chi connectivity index (χ2v) is 9.30. The third-order valence-electron chi connectivity index (χ3n) is 5.88. The van der Waals surface area contributed by atoms with Crippen LogP contribution in [0.15, 0.2) is 53.5 Å². The number of rotatable bonds is 8. The normalized spacial score (nSPS) is 11.3. The van der Waals surface area contributed by atoms with Gasteiger partial charge in [0.15, 0.2) is 5.82 Å². The standard InChI is InChI=1S/C18H18N2O.C10H13N3O4/c1-13-10-14(11-19)4-9-17(13)15-5-7-16(8-6-15)18(2,3)20-12-21;1-5-3-11-7(13-8(5)14)9(15)12-4-6(2)10(16)17/h4-10,12H,1-3H3,(H,20,21);3,6H,4H2,1-2H3,(H,12,15)(H,16,17)(H,11,13,14). The molecule has 0 fully saturated rings. The summed E-state index contributed by atoms with van der Waals surface area (Å²) in [6.07, 6.45) is 2.01. The molecule has 38 heavy (non-hydrogen) atoms. The van der Waals surface area contributed by atoms with Gasteiger partial charge in [0, 0.05) is 18.3 Å². The van der Waals surface area contributed by atoms with E-state index >= 15 is 0 Å². The minimum atomic E-state index is -1.00. The molecule has 4 N–H and O–H groups in total. The number of benzene rings is 2. The minimum Gasteiger partial charge on any atom is -0.481 e. The van der Waals surface area contributed by atoms with Gasteiger partial charge in [0.2, 0.25) is 6.41 Å². The van der Waals surface area contributed by atoms with Crippen LogP contribution in [0, 0.1) is 31.1 Å². The van der Waals surface area contributed by atoms with Crippen molar-refractivity contribution in [2.24, 2.45) is 5.92 Å². The summed E-state index contributed by atoms with van der Waals surface area (Å²) in [7, 11) is 0. The molecule has 0 aliphatic rings. The first-order chi connectivity index (χ1) is 17.9. The van der Waals surface area contributed by atoms with E-state index in [1.807, 2.05) is 63.2 Å². The summed E-state index contributed by atoms with van der Waals surface area (Å²) in [6.45, 7) is 8.94. The number of carboxylic acids is 1. The highest BCUT2D eigenvalue weighted by Crippen LogP contribution is 2.27. The van der Waals surface area contributed by atoms with Crippen LogP contribution in [-0.4, -0.2) is 39.9 Å². The van der Waals surface area contributed by atoms with Crippen molar-refractivity contribution in [2.75, 3.05) is 6.54 Å². The highest BCUT2D eigenvalue weighted by atomic mass is 16.4. The number of nitrogens with one attached hydrogen (secondary N) is 3. The van der Waals surface area contributed by atoms with Gasteiger partial charge < -0.3 is 20.7 Å². The van der Waals surface area contributed by atoms with Crippen molar-refractivity contribution in [2.45, 2.75) is 40.2 Å². The van der Waals surface area contributed by atoms with Crippen LogP contribution in [0.25, 0.3) is 11.1 Å². The van der Waals surface area contributed by atoms with E-state index in [2.05, 4.69) is 26.7 Å². The van der Waals surface area contributed by atoms with Gasteiger partial charge in [-0.3, -0.25) is 19.2 Å². The summed E-state index contributed by atoms with van der Waals surface area (Å²) < 4.78 is 0. The second-order valence-electron chi connectivity index (χ2n) is 9.30. The lowest BCUT2D eigenvalue weighted by Crippen LogP contribution is -2.35. The average molecular weight is 518 g/mol. The van der Waals surface area contributed by atoms with Gasteiger partial charge in [-0.15, -0.1) is 0 Å². The molecular formula is C28H31N5O5. The monoisotopic (exact) mass is 517 g/mol. The Morgan fingerprint density at radius 3 is 2.34 bits per heavy atom. The molecule has 0 spiro atoms. The van der Waals surface area contributed by atoms with Crippen molar-refractivity contribution in [1.29, 1.82) is 5.26 Å². The molecule has 0 aliphatic heterocycles. The van der Waals surface area contributed by atoms with Gasteiger partial charge in [0.05, 0.1) is 23.1 Å². The lowest BCUT2D eigenvalue weighted by atomic mass is 9.91. The summed E-state index contributed by atoms with van der Waals surface area (Å²) in [5, 5.41) is 22.7. The summed E-state index contributed by atoms with van der Waals surface area (Å²) in [5.74, 6) is -2.43. The maximum absolute atomic E-state index is 11.5. The van der Waals surface area contributed by atoms with Crippen LogP contribution in [0.1, 0.15) is 53.6 Å². The summed E-state index contributed by atoms with van der Waals surface area (Å²) in [5.41, 5.74) is 4.63. The molecule has 0 aliphatic carbocycles. The van der Waals surface area contributed by atoms with Crippen molar-refractivity contribution >= 4 is 18.3 Å². The second kappa shape index (κ2) is 13.0. The lowest BCUT2D eigenvalue weighted by molar-refractivity contribution is -0.140. The number of aryl methyl sites for hydroxylation is 2. The molecule has 0 saturated heterocycles. The molecule has 3 rings (SSSR count). The number of aliphatic carboxylic acids is 1. The van der Waals surface area contributed by atoms with Crippen molar-refractivity contribution in [3.63, 3.8) is 0 Å². The zero-order chi connectivity index (χ0) is 28.5. The van der Waals surface area contributed by atoms with Crippen molar-refractivity contribution < 1.29 is 19.5 Å². The zero-order valence-corrected chi connectivity index (χ0v) is 22.0. The number of nitrogens with zero attached hydrogens (tertiary/aromatic N) is 2. The smallest absolute Gasteiger partial charge is 0.308 e. The highest BCUT2D eigenvalue weighted by Gasteiger charge is 2.19. The van der Waals surface area contributed by atoms with Crippen LogP contribution >= 0.6 is 0 Å². The van der Waals surface area contributed by atoms with Crippen LogP contribution in [0.2, 0.25) is 0 Å². The molecule has 3 aromatic rings. The van der Waals surface area contributed by atoms with E-state index in [1.54, 1.807) is 6.92 Å². The van der Waals surface area contributed by atoms with Crippen molar-refractivity contribution in [1.82, 2.24) is 20.6 Å². The zero-order valence-electron chi connectivity index (χ0n) is 22.0. The Labute approximate surface area is 220 Å². The maximum atomic E-state index is 11.5. The number of amides is 2. The van der Waals surface area contributed by atoms with Gasteiger partial charge in [-0.2, -0.15) is 5.26 Å². The number of hydrogen-bond donors (Lipinski definition) is 4. The van der Waals surface area contributed by atoms with E-state index in [0.29, 0.717) is 11.1 Å². The first-order valence-corrected chi connectivity index (χ1v) is 11.8. The highest BCUT2D eigenvalue weighted by molar-refractivity contribution is 5.90. The summed E-state index contributed by atoms with van der Waals surface area (Å²) in [4.78, 5) is 49.9. The Balaban J connectivity index is 0.000000273. The number of nitriles is 1. The van der Waals surface area contributed by atoms with Crippen LogP contribution in [-0.2, 0) is 15.1 Å². The predicted molar refractivity (Wildman–Crippen MR) is 142 cm³/mol. The average Bonchev–Trinajstić information content (AvgIpc) is 2.89. The first kappa shape index (κ1) is 29.5. The molecule has 10 heteroatoms. The quantitative estimate of drug-likeness (QED) is 0.333. The van der Waals surface area contributed by atoms with Crippen molar-refractivity contribution in [3.8, 4) is 17.2 Å². The van der Waals surface area contributed by atoms with E-state index < -0.39 is 23.4 Å². The molecule has 0 radical (unpaired) electrons. The number of carbonyl (C=O) groups is 3. The molecule has 1 unspecified atom stereocenters. The molecule has 0 bridgehead atoms. The number of carboxylic acid groups (broad SMARTS) is 1. The third-order valence-corrected chi connectivity index (χ3v) is 5.88. The van der Waals surface area contributed by atoms with Gasteiger partial charge >= 0.3 is 5.97 Å². The van der Waals surface area contributed by atoms with E-state index in [-0.39, 0.29) is 17.9 Å². The molecule has 2 aromatic carbocycles. The molecule has 10 nitrogen and oxygen atoms in total. The molecule has 1 heterocycles. The van der Waals surface area contributed by atoms with E-state index in [0.717, 1.165) is 28.7 Å². The van der Waals surface area contributed by atoms with E-state index in [9.17, 15) is 19.2 Å². The Bertz CT molecular complexity index is 1400.